The molecule has 0 bridgehead atoms. The molecule has 0 aliphatic heterocycles. The molecule has 58 valence electrons. The average molecular weight is 174 g/mol. The fourth-order valence-electron chi connectivity index (χ4n) is 1.13. The summed E-state index contributed by atoms with van der Waals surface area (Å²) < 4.78 is 0. The van der Waals surface area contributed by atoms with E-state index in [-0.39, 0.29) is 0 Å². The van der Waals surface area contributed by atoms with E-state index in [1.54, 1.807) is 0 Å². The van der Waals surface area contributed by atoms with E-state index in [2.05, 4.69) is 13.5 Å². The van der Waals surface area contributed by atoms with Gasteiger partial charge in [-0.2, -0.15) is 0 Å². The summed E-state index contributed by atoms with van der Waals surface area (Å²) in [5.41, 5.74) is 0. The molecule has 0 aromatic carbocycles. The minimum absolute atomic E-state index is 0.918. The topological polar surface area (TPSA) is 0 Å². The average Bonchev–Trinajstić information content (AvgIpc) is 2.34. The zero-order valence-corrected chi connectivity index (χ0v) is 8.06. The normalized spacial score (nSPS) is 19.7. The summed E-state index contributed by atoms with van der Waals surface area (Å²) >= 11 is 0. The first-order valence-corrected chi connectivity index (χ1v) is 5.99. The van der Waals surface area contributed by atoms with Crippen LogP contribution in [0, 0.1) is 0 Å². The molecule has 10 heavy (non-hydrogen) atoms. The van der Waals surface area contributed by atoms with E-state index in [4.69, 9.17) is 0 Å². The maximum Gasteiger partial charge on any atom is 0.0154 e. The number of hydrogen-bond acceptors (Lipinski definition) is 2. The van der Waals surface area contributed by atoms with E-state index in [0.29, 0.717) is 0 Å². The molecule has 0 N–H and O–H groups in total. The Kier molecular flexibility index (Phi) is 3.71. The van der Waals surface area contributed by atoms with Crippen molar-refractivity contribution >= 4 is 21.6 Å². The lowest BCUT2D eigenvalue weighted by atomic mass is 10.4. The van der Waals surface area contributed by atoms with Crippen molar-refractivity contribution in [1.82, 2.24) is 0 Å². The highest BCUT2D eigenvalue weighted by molar-refractivity contribution is 8.78. The van der Waals surface area contributed by atoms with Crippen molar-refractivity contribution in [3.63, 3.8) is 0 Å². The highest BCUT2D eigenvalue weighted by atomic mass is 33.1. The molecule has 0 unspecified atom stereocenters. The highest BCUT2D eigenvalue weighted by Crippen LogP contribution is 2.39. The summed E-state index contributed by atoms with van der Waals surface area (Å²) in [7, 11) is 3.86. The summed E-state index contributed by atoms with van der Waals surface area (Å²) in [6, 6.07) is 0. The fourth-order valence-corrected chi connectivity index (χ4v) is 3.44. The van der Waals surface area contributed by atoms with Crippen molar-refractivity contribution in [2.45, 2.75) is 37.9 Å². The minimum atomic E-state index is 0.918. The van der Waals surface area contributed by atoms with Gasteiger partial charge in [-0.1, -0.05) is 41.0 Å². The molecule has 1 rings (SSSR count). The van der Waals surface area contributed by atoms with Crippen LogP contribution in [0.4, 0.5) is 0 Å². The van der Waals surface area contributed by atoms with Crippen molar-refractivity contribution in [3.05, 3.63) is 11.5 Å². The highest BCUT2D eigenvalue weighted by Gasteiger charge is 2.15. The van der Waals surface area contributed by atoms with Gasteiger partial charge in [-0.3, -0.25) is 0 Å². The van der Waals surface area contributed by atoms with Crippen LogP contribution in [0.5, 0.6) is 0 Å². The van der Waals surface area contributed by atoms with Gasteiger partial charge < -0.3 is 0 Å². The second-order valence-electron chi connectivity index (χ2n) is 2.79. The molecule has 0 radical (unpaired) electrons. The molecule has 2 heteroatoms. The van der Waals surface area contributed by atoms with Gasteiger partial charge in [-0.15, -0.1) is 0 Å². The van der Waals surface area contributed by atoms with Crippen molar-refractivity contribution in [2.75, 3.05) is 0 Å². The molecule has 0 aromatic rings. The second-order valence-corrected chi connectivity index (χ2v) is 5.59. The number of hydrogen-bond donors (Lipinski definition) is 0. The molecule has 0 aromatic heterocycles. The minimum Gasteiger partial charge on any atom is -0.0889 e. The van der Waals surface area contributed by atoms with Crippen LogP contribution in [0.3, 0.4) is 0 Å². The summed E-state index contributed by atoms with van der Waals surface area (Å²) in [6.07, 6.45) is 5.72. The number of rotatable bonds is 3. The lowest BCUT2D eigenvalue weighted by molar-refractivity contribution is 0.886. The summed E-state index contributed by atoms with van der Waals surface area (Å²) in [6.45, 7) is 5.93. The van der Waals surface area contributed by atoms with Crippen LogP contribution in [-0.4, -0.2) is 5.25 Å². The van der Waals surface area contributed by atoms with Gasteiger partial charge in [0.2, 0.25) is 0 Å². The molecule has 1 aliphatic carbocycles. The van der Waals surface area contributed by atoms with Crippen LogP contribution in [-0.2, 0) is 0 Å². The third-order valence-corrected chi connectivity index (χ3v) is 4.71. The van der Waals surface area contributed by atoms with E-state index < -0.39 is 0 Å². The SMILES string of the molecule is C=C(C)SSC1CCCC1. The molecule has 0 spiro atoms. The first-order valence-electron chi connectivity index (χ1n) is 3.78. The van der Waals surface area contributed by atoms with Crippen LogP contribution in [0.15, 0.2) is 11.5 Å². The van der Waals surface area contributed by atoms with Crippen LogP contribution in [0.2, 0.25) is 0 Å². The van der Waals surface area contributed by atoms with Gasteiger partial charge in [-0.05, 0) is 24.7 Å². The largest absolute Gasteiger partial charge is 0.0889 e. The molecule has 1 saturated carbocycles. The Morgan fingerprint density at radius 2 is 2.00 bits per heavy atom. The van der Waals surface area contributed by atoms with E-state index in [0.717, 1.165) is 5.25 Å². The maximum atomic E-state index is 3.86. The Morgan fingerprint density at radius 3 is 2.50 bits per heavy atom. The molecule has 1 aliphatic rings. The predicted octanol–water partition coefficient (Wildman–Crippen LogP) is 3.84. The number of allylic oxidation sites excluding steroid dienone is 1. The van der Waals surface area contributed by atoms with Crippen LogP contribution in [0.25, 0.3) is 0 Å². The van der Waals surface area contributed by atoms with Crippen molar-refractivity contribution in [1.29, 1.82) is 0 Å². The van der Waals surface area contributed by atoms with Gasteiger partial charge in [0, 0.05) is 5.25 Å². The standard InChI is InChI=1S/C8H14S2/c1-7(2)9-10-8-5-3-4-6-8/h8H,1,3-6H2,2H3. The summed E-state index contributed by atoms with van der Waals surface area (Å²) in [5, 5.41) is 0.918. The Bertz CT molecular complexity index is 114. The summed E-state index contributed by atoms with van der Waals surface area (Å²) in [5.74, 6) is 0. The van der Waals surface area contributed by atoms with E-state index in [1.807, 2.05) is 21.6 Å². The van der Waals surface area contributed by atoms with Gasteiger partial charge in [0.1, 0.15) is 0 Å². The lowest BCUT2D eigenvalue weighted by Crippen LogP contribution is -1.89. The second kappa shape index (κ2) is 4.35. The molecule has 0 amide bonds. The Hall–Kier alpha value is 0.440. The van der Waals surface area contributed by atoms with Crippen molar-refractivity contribution in [3.8, 4) is 0 Å². The first-order chi connectivity index (χ1) is 4.79. The quantitative estimate of drug-likeness (QED) is 0.596. The Balaban J connectivity index is 2.07. The van der Waals surface area contributed by atoms with Crippen molar-refractivity contribution < 1.29 is 0 Å². The van der Waals surface area contributed by atoms with Crippen LogP contribution in [0.1, 0.15) is 32.6 Å². The lowest BCUT2D eigenvalue weighted by Gasteiger charge is -2.05. The first kappa shape index (κ1) is 8.54. The van der Waals surface area contributed by atoms with Gasteiger partial charge >= 0.3 is 0 Å². The van der Waals surface area contributed by atoms with Gasteiger partial charge in [0.25, 0.3) is 0 Å². The monoisotopic (exact) mass is 174 g/mol. The van der Waals surface area contributed by atoms with Gasteiger partial charge in [0.15, 0.2) is 0 Å². The summed E-state index contributed by atoms with van der Waals surface area (Å²) in [4.78, 5) is 1.23. The van der Waals surface area contributed by atoms with E-state index >= 15 is 0 Å². The molecule has 0 nitrogen and oxygen atoms in total. The predicted molar refractivity (Wildman–Crippen MR) is 52.3 cm³/mol. The third kappa shape index (κ3) is 3.02. The molecule has 0 saturated heterocycles. The Morgan fingerprint density at radius 1 is 1.40 bits per heavy atom. The van der Waals surface area contributed by atoms with Crippen molar-refractivity contribution in [2.24, 2.45) is 0 Å². The molecular weight excluding hydrogens is 160 g/mol. The molecule has 1 fully saturated rings. The third-order valence-electron chi connectivity index (χ3n) is 1.63. The Labute approximate surface area is 71.2 Å². The van der Waals surface area contributed by atoms with Crippen LogP contribution < -0.4 is 0 Å². The van der Waals surface area contributed by atoms with E-state index in [9.17, 15) is 0 Å². The van der Waals surface area contributed by atoms with Gasteiger partial charge in [-0.25, -0.2) is 0 Å². The van der Waals surface area contributed by atoms with Gasteiger partial charge in [0.05, 0.1) is 0 Å². The zero-order chi connectivity index (χ0) is 7.40. The van der Waals surface area contributed by atoms with E-state index in [1.165, 1.54) is 30.6 Å². The fraction of sp³-hybridized carbons (Fsp3) is 0.750. The van der Waals surface area contributed by atoms with Crippen LogP contribution >= 0.6 is 21.6 Å². The maximum absolute atomic E-state index is 3.86. The molecular formula is C8H14S2. The molecule has 0 atom stereocenters. The molecule has 0 heterocycles. The smallest absolute Gasteiger partial charge is 0.0154 e. The zero-order valence-electron chi connectivity index (χ0n) is 6.43.